The van der Waals surface area contributed by atoms with E-state index in [9.17, 15) is 0 Å². The molecule has 0 heterocycles. The second kappa shape index (κ2) is 9.45. The molecule has 0 amide bonds. The number of nitrogens with zero attached hydrogens (tertiary/aromatic N) is 1. The maximum atomic E-state index is 2.38. The van der Waals surface area contributed by atoms with E-state index in [1.165, 1.54) is 60.3 Å². The van der Waals surface area contributed by atoms with Crippen molar-refractivity contribution in [1.82, 2.24) is 0 Å². The van der Waals surface area contributed by atoms with Crippen LogP contribution >= 0.6 is 0 Å². The lowest BCUT2D eigenvalue weighted by Crippen LogP contribution is -2.10. The average Bonchev–Trinajstić information content (AvgIpc) is 2.98. The minimum Gasteiger partial charge on any atom is -0.310 e. The summed E-state index contributed by atoms with van der Waals surface area (Å²) in [7, 11) is 0. The maximum Gasteiger partial charge on any atom is 0.0540 e. The number of rotatable bonds is 4. The van der Waals surface area contributed by atoms with Gasteiger partial charge in [0.25, 0.3) is 0 Å². The Morgan fingerprint density at radius 2 is 0.923 bits per heavy atom. The van der Waals surface area contributed by atoms with E-state index >= 15 is 0 Å². The van der Waals surface area contributed by atoms with Gasteiger partial charge in [-0.05, 0) is 94.4 Å². The van der Waals surface area contributed by atoms with Crippen LogP contribution in [0.2, 0.25) is 0 Å². The van der Waals surface area contributed by atoms with Gasteiger partial charge in [0.2, 0.25) is 0 Å². The van der Waals surface area contributed by atoms with Crippen LogP contribution in [0, 0.1) is 13.8 Å². The summed E-state index contributed by atoms with van der Waals surface area (Å²) in [5, 5.41) is 7.56. The minimum atomic E-state index is 1.15. The van der Waals surface area contributed by atoms with Crippen LogP contribution < -0.4 is 4.90 Å². The van der Waals surface area contributed by atoms with E-state index in [4.69, 9.17) is 0 Å². The molecule has 39 heavy (non-hydrogen) atoms. The number of aryl methyl sites for hydroxylation is 2. The van der Waals surface area contributed by atoms with Gasteiger partial charge in [-0.25, -0.2) is 0 Å². The van der Waals surface area contributed by atoms with E-state index in [2.05, 4.69) is 158 Å². The van der Waals surface area contributed by atoms with Crippen molar-refractivity contribution in [2.75, 3.05) is 4.90 Å². The topological polar surface area (TPSA) is 3.24 Å². The molecule has 186 valence electrons. The fraction of sp³-hybridized carbons (Fsp3) is 0.0526. The SMILES string of the molecule is Cc1ccc(N(c2ccc(C)cc2)c2ccc(-c3cccc4cc5ccccc5cc34)c3ccccc23)cc1. The van der Waals surface area contributed by atoms with Crippen molar-refractivity contribution in [1.29, 1.82) is 0 Å². The van der Waals surface area contributed by atoms with E-state index in [1.54, 1.807) is 0 Å². The third-order valence-corrected chi connectivity index (χ3v) is 7.76. The second-order valence-electron chi connectivity index (χ2n) is 10.4. The van der Waals surface area contributed by atoms with Gasteiger partial charge >= 0.3 is 0 Å². The molecule has 1 heteroatoms. The van der Waals surface area contributed by atoms with Gasteiger partial charge in [0.05, 0.1) is 5.69 Å². The van der Waals surface area contributed by atoms with Crippen molar-refractivity contribution in [3.8, 4) is 11.1 Å². The molecule has 0 aliphatic heterocycles. The van der Waals surface area contributed by atoms with E-state index in [1.807, 2.05) is 0 Å². The molecule has 0 saturated carbocycles. The van der Waals surface area contributed by atoms with Crippen LogP contribution in [-0.2, 0) is 0 Å². The fourth-order valence-electron chi connectivity index (χ4n) is 5.73. The highest BCUT2D eigenvalue weighted by Crippen LogP contribution is 2.43. The Morgan fingerprint density at radius 3 is 1.59 bits per heavy atom. The summed E-state index contributed by atoms with van der Waals surface area (Å²) < 4.78 is 0. The summed E-state index contributed by atoms with van der Waals surface area (Å²) in [5.74, 6) is 0. The normalized spacial score (nSPS) is 11.3. The van der Waals surface area contributed by atoms with Gasteiger partial charge in [-0.2, -0.15) is 0 Å². The summed E-state index contributed by atoms with van der Waals surface area (Å²) in [5.41, 5.74) is 8.50. The minimum absolute atomic E-state index is 1.15. The van der Waals surface area contributed by atoms with Crippen LogP contribution in [0.4, 0.5) is 17.1 Å². The first-order valence-electron chi connectivity index (χ1n) is 13.5. The van der Waals surface area contributed by atoms with Gasteiger partial charge in [0, 0.05) is 16.8 Å². The zero-order valence-electron chi connectivity index (χ0n) is 22.2. The molecule has 0 atom stereocenters. The molecule has 7 aromatic carbocycles. The molecule has 1 nitrogen and oxygen atoms in total. The van der Waals surface area contributed by atoms with Gasteiger partial charge in [0.15, 0.2) is 0 Å². The largest absolute Gasteiger partial charge is 0.310 e. The molecule has 0 fully saturated rings. The molecule has 0 aromatic heterocycles. The maximum absolute atomic E-state index is 2.38. The number of fused-ring (bicyclic) bond motifs is 3. The first-order valence-corrected chi connectivity index (χ1v) is 13.5. The van der Waals surface area contributed by atoms with Crippen molar-refractivity contribution in [2.24, 2.45) is 0 Å². The summed E-state index contributed by atoms with van der Waals surface area (Å²) in [6, 6.07) is 50.9. The van der Waals surface area contributed by atoms with Gasteiger partial charge in [0.1, 0.15) is 0 Å². The van der Waals surface area contributed by atoms with Gasteiger partial charge in [-0.1, -0.05) is 108 Å². The summed E-state index contributed by atoms with van der Waals surface area (Å²) in [6.45, 7) is 4.27. The molecule has 0 radical (unpaired) electrons. The first-order chi connectivity index (χ1) is 19.2. The summed E-state index contributed by atoms with van der Waals surface area (Å²) in [4.78, 5) is 2.38. The molecule has 0 N–H and O–H groups in total. The Balaban J connectivity index is 1.48. The number of hydrogen-bond acceptors (Lipinski definition) is 1. The molecule has 0 spiro atoms. The number of benzene rings is 7. The van der Waals surface area contributed by atoms with Crippen LogP contribution in [0.5, 0.6) is 0 Å². The molecule has 0 unspecified atom stereocenters. The highest BCUT2D eigenvalue weighted by Gasteiger charge is 2.18. The Morgan fingerprint density at radius 1 is 0.385 bits per heavy atom. The van der Waals surface area contributed by atoms with Crippen molar-refractivity contribution in [3.05, 3.63) is 151 Å². The second-order valence-corrected chi connectivity index (χ2v) is 10.4. The third-order valence-electron chi connectivity index (χ3n) is 7.76. The first kappa shape index (κ1) is 23.3. The predicted octanol–water partition coefficient (Wildman–Crippen LogP) is 10.9. The van der Waals surface area contributed by atoms with Gasteiger partial charge in [-0.15, -0.1) is 0 Å². The molecule has 0 aliphatic rings. The number of hydrogen-bond donors (Lipinski definition) is 0. The summed E-state index contributed by atoms with van der Waals surface area (Å²) >= 11 is 0. The van der Waals surface area contributed by atoms with Crippen LogP contribution in [0.1, 0.15) is 11.1 Å². The van der Waals surface area contributed by atoms with Crippen molar-refractivity contribution in [3.63, 3.8) is 0 Å². The highest BCUT2D eigenvalue weighted by atomic mass is 15.1. The zero-order valence-corrected chi connectivity index (χ0v) is 22.2. The molecule has 7 rings (SSSR count). The van der Waals surface area contributed by atoms with Crippen molar-refractivity contribution >= 4 is 49.4 Å². The van der Waals surface area contributed by atoms with Crippen LogP contribution in [0.15, 0.2) is 140 Å². The van der Waals surface area contributed by atoms with Crippen LogP contribution in [-0.4, -0.2) is 0 Å². The van der Waals surface area contributed by atoms with E-state index in [-0.39, 0.29) is 0 Å². The van der Waals surface area contributed by atoms with E-state index < -0.39 is 0 Å². The Bertz CT molecular complexity index is 1920. The van der Waals surface area contributed by atoms with Gasteiger partial charge in [-0.3, -0.25) is 0 Å². The Hall–Kier alpha value is -4.88. The molecular formula is C38H29N. The summed E-state index contributed by atoms with van der Waals surface area (Å²) in [6.07, 6.45) is 0. The molecule has 0 saturated heterocycles. The van der Waals surface area contributed by atoms with E-state index in [0.717, 1.165) is 11.4 Å². The average molecular weight is 500 g/mol. The van der Waals surface area contributed by atoms with Crippen molar-refractivity contribution < 1.29 is 0 Å². The lowest BCUT2D eigenvalue weighted by Gasteiger charge is -2.28. The predicted molar refractivity (Wildman–Crippen MR) is 169 cm³/mol. The molecular weight excluding hydrogens is 470 g/mol. The fourth-order valence-corrected chi connectivity index (χ4v) is 5.73. The standard InChI is InChI=1S/C38H29N/c1-26-14-18-31(19-15-26)39(32-20-16-27(2)17-21-32)38-23-22-35(33-11-5-6-12-36(33)38)34-13-7-10-30-24-28-8-3-4-9-29(28)25-37(30)34/h3-25H,1-2H3. The quantitative estimate of drug-likeness (QED) is 0.218. The Labute approximate surface area is 229 Å². The van der Waals surface area contributed by atoms with Crippen LogP contribution in [0.25, 0.3) is 43.4 Å². The zero-order chi connectivity index (χ0) is 26.3. The van der Waals surface area contributed by atoms with E-state index in [0.29, 0.717) is 0 Å². The highest BCUT2D eigenvalue weighted by molar-refractivity contribution is 6.12. The molecule has 0 bridgehead atoms. The number of anilines is 3. The smallest absolute Gasteiger partial charge is 0.0540 e. The third kappa shape index (κ3) is 4.13. The van der Waals surface area contributed by atoms with Gasteiger partial charge < -0.3 is 4.90 Å². The lowest BCUT2D eigenvalue weighted by atomic mass is 9.91. The Kier molecular flexibility index (Phi) is 5.64. The van der Waals surface area contributed by atoms with Crippen molar-refractivity contribution in [2.45, 2.75) is 13.8 Å². The van der Waals surface area contributed by atoms with Crippen LogP contribution in [0.3, 0.4) is 0 Å². The molecule has 7 aromatic rings. The lowest BCUT2D eigenvalue weighted by molar-refractivity contribution is 1.28. The molecule has 0 aliphatic carbocycles. The monoisotopic (exact) mass is 499 g/mol.